The normalized spacial score (nSPS) is 17.2. The second-order valence-corrected chi connectivity index (χ2v) is 5.77. The number of hydrogen-bond donors (Lipinski definition) is 1. The average Bonchev–Trinajstić information content (AvgIpc) is 2.55. The van der Waals surface area contributed by atoms with Gasteiger partial charge >= 0.3 is 5.97 Å². The van der Waals surface area contributed by atoms with Crippen LogP contribution in [0, 0.1) is 0 Å². The van der Waals surface area contributed by atoms with Crippen molar-refractivity contribution in [3.8, 4) is 0 Å². The molecule has 1 aliphatic rings. The highest BCUT2D eigenvalue weighted by Gasteiger charge is 2.26. The van der Waals surface area contributed by atoms with E-state index in [-0.39, 0.29) is 5.91 Å². The number of carboxylic acid groups (broad SMARTS) is 1. The molecule has 1 unspecified atom stereocenters. The third kappa shape index (κ3) is 4.56. The lowest BCUT2D eigenvalue weighted by Crippen LogP contribution is -2.53. The molecule has 0 bridgehead atoms. The molecule has 0 saturated carbocycles. The molecule has 0 aliphatic carbocycles. The largest absolute Gasteiger partial charge is 0.480 e. The lowest BCUT2D eigenvalue weighted by Gasteiger charge is -2.36. The van der Waals surface area contributed by atoms with E-state index in [1.165, 1.54) is 5.56 Å². The smallest absolute Gasteiger partial charge is 0.320 e. The van der Waals surface area contributed by atoms with Gasteiger partial charge in [-0.25, -0.2) is 0 Å². The predicted molar refractivity (Wildman–Crippen MR) is 84.6 cm³/mol. The molecule has 1 amide bonds. The number of carbonyl (C=O) groups excluding carboxylic acids is 1. The Hall–Kier alpha value is -1.88. The molecule has 120 valence electrons. The van der Waals surface area contributed by atoms with E-state index in [1.807, 2.05) is 28.0 Å². The van der Waals surface area contributed by atoms with Crippen LogP contribution in [0.1, 0.15) is 25.3 Å². The molecule has 1 heterocycles. The number of amides is 1. The second kappa shape index (κ2) is 7.94. The summed E-state index contributed by atoms with van der Waals surface area (Å²) in [6, 6.07) is 9.70. The summed E-state index contributed by atoms with van der Waals surface area (Å²) in [6.07, 6.45) is 2.33. The van der Waals surface area contributed by atoms with Crippen LogP contribution in [0.25, 0.3) is 0 Å². The minimum Gasteiger partial charge on any atom is -0.480 e. The van der Waals surface area contributed by atoms with E-state index >= 15 is 0 Å². The zero-order valence-corrected chi connectivity index (χ0v) is 13.1. The van der Waals surface area contributed by atoms with Gasteiger partial charge in [-0.3, -0.25) is 14.5 Å². The number of rotatable bonds is 6. The summed E-state index contributed by atoms with van der Waals surface area (Å²) < 4.78 is 0. The minimum atomic E-state index is -0.803. The first-order valence-corrected chi connectivity index (χ1v) is 7.86. The van der Waals surface area contributed by atoms with Crippen molar-refractivity contribution in [2.75, 3.05) is 26.2 Å². The number of piperazine rings is 1. The lowest BCUT2D eigenvalue weighted by molar-refractivity contribution is -0.144. The Morgan fingerprint density at radius 1 is 1.14 bits per heavy atom. The van der Waals surface area contributed by atoms with Crippen molar-refractivity contribution in [1.29, 1.82) is 0 Å². The molecule has 0 aromatic heterocycles. The topological polar surface area (TPSA) is 60.9 Å². The van der Waals surface area contributed by atoms with Gasteiger partial charge in [0, 0.05) is 32.6 Å². The Morgan fingerprint density at radius 3 is 2.36 bits per heavy atom. The molecule has 5 heteroatoms. The van der Waals surface area contributed by atoms with Gasteiger partial charge in [0.25, 0.3) is 0 Å². The van der Waals surface area contributed by atoms with E-state index in [4.69, 9.17) is 5.11 Å². The summed E-state index contributed by atoms with van der Waals surface area (Å²) in [5.41, 5.74) is 1.26. The maximum atomic E-state index is 12.2. The molecule has 0 spiro atoms. The van der Waals surface area contributed by atoms with E-state index in [0.29, 0.717) is 32.6 Å². The fraction of sp³-hybridized carbons (Fsp3) is 0.529. The molecule has 1 saturated heterocycles. The van der Waals surface area contributed by atoms with Crippen molar-refractivity contribution in [1.82, 2.24) is 9.80 Å². The Bertz CT molecular complexity index is 496. The van der Waals surface area contributed by atoms with Crippen molar-refractivity contribution in [3.05, 3.63) is 35.9 Å². The van der Waals surface area contributed by atoms with Gasteiger partial charge in [0.2, 0.25) is 5.91 Å². The highest BCUT2D eigenvalue weighted by molar-refractivity contribution is 5.76. The highest BCUT2D eigenvalue weighted by atomic mass is 16.4. The van der Waals surface area contributed by atoms with Crippen LogP contribution >= 0.6 is 0 Å². The van der Waals surface area contributed by atoms with Gasteiger partial charge in [-0.2, -0.15) is 0 Å². The number of hydrogen-bond acceptors (Lipinski definition) is 3. The number of carboxylic acids is 1. The molecule has 1 aliphatic heterocycles. The standard InChI is InChI=1S/C17H24N2O3/c1-14(17(21)22)18-10-12-19(13-11-18)16(20)9-5-8-15-6-3-2-4-7-15/h2-4,6-7,14H,5,8-13H2,1H3,(H,21,22). The SMILES string of the molecule is CC(C(=O)O)N1CCN(C(=O)CCCc2ccccc2)CC1. The number of carbonyl (C=O) groups is 2. The molecule has 1 atom stereocenters. The Labute approximate surface area is 131 Å². The van der Waals surface area contributed by atoms with Gasteiger partial charge in [-0.1, -0.05) is 30.3 Å². The van der Waals surface area contributed by atoms with E-state index in [9.17, 15) is 9.59 Å². The predicted octanol–water partition coefficient (Wildman–Crippen LogP) is 1.63. The molecule has 1 fully saturated rings. The first kappa shape index (κ1) is 16.5. The third-order valence-electron chi connectivity index (χ3n) is 4.27. The zero-order valence-electron chi connectivity index (χ0n) is 13.1. The van der Waals surface area contributed by atoms with Gasteiger partial charge < -0.3 is 10.0 Å². The van der Waals surface area contributed by atoms with Gasteiger partial charge in [-0.15, -0.1) is 0 Å². The fourth-order valence-corrected chi connectivity index (χ4v) is 2.76. The molecule has 0 radical (unpaired) electrons. The van der Waals surface area contributed by atoms with Crippen LogP contribution in [0.15, 0.2) is 30.3 Å². The number of nitrogens with zero attached hydrogens (tertiary/aromatic N) is 2. The third-order valence-corrected chi connectivity index (χ3v) is 4.27. The van der Waals surface area contributed by atoms with E-state index in [1.54, 1.807) is 6.92 Å². The molecular formula is C17H24N2O3. The summed E-state index contributed by atoms with van der Waals surface area (Å²) in [6.45, 7) is 4.22. The Balaban J connectivity index is 1.70. The molecule has 5 nitrogen and oxygen atoms in total. The van der Waals surface area contributed by atoms with Crippen molar-refractivity contribution in [2.24, 2.45) is 0 Å². The number of aliphatic carboxylic acids is 1. The van der Waals surface area contributed by atoms with E-state index in [2.05, 4.69) is 12.1 Å². The van der Waals surface area contributed by atoms with Gasteiger partial charge in [-0.05, 0) is 25.3 Å². The Morgan fingerprint density at radius 2 is 1.77 bits per heavy atom. The molecule has 1 N–H and O–H groups in total. The summed E-state index contributed by atoms with van der Waals surface area (Å²) in [7, 11) is 0. The Kier molecular flexibility index (Phi) is 5.95. The highest BCUT2D eigenvalue weighted by Crippen LogP contribution is 2.10. The zero-order chi connectivity index (χ0) is 15.9. The molecule has 22 heavy (non-hydrogen) atoms. The number of benzene rings is 1. The van der Waals surface area contributed by atoms with Crippen molar-refractivity contribution < 1.29 is 14.7 Å². The first-order valence-electron chi connectivity index (χ1n) is 7.86. The van der Waals surface area contributed by atoms with E-state index in [0.717, 1.165) is 12.8 Å². The van der Waals surface area contributed by atoms with Crippen LogP contribution in [0.3, 0.4) is 0 Å². The van der Waals surface area contributed by atoms with Crippen LogP contribution in [0.2, 0.25) is 0 Å². The van der Waals surface area contributed by atoms with Crippen LogP contribution < -0.4 is 0 Å². The van der Waals surface area contributed by atoms with Crippen LogP contribution in [-0.4, -0.2) is 59.0 Å². The maximum absolute atomic E-state index is 12.2. The van der Waals surface area contributed by atoms with Crippen molar-refractivity contribution in [3.63, 3.8) is 0 Å². The molecular weight excluding hydrogens is 280 g/mol. The molecule has 1 aromatic carbocycles. The van der Waals surface area contributed by atoms with Gasteiger partial charge in [0.1, 0.15) is 6.04 Å². The van der Waals surface area contributed by atoms with Crippen LogP contribution in [0.5, 0.6) is 0 Å². The van der Waals surface area contributed by atoms with Gasteiger partial charge in [0.15, 0.2) is 0 Å². The maximum Gasteiger partial charge on any atom is 0.320 e. The summed E-state index contributed by atoms with van der Waals surface area (Å²) >= 11 is 0. The first-order chi connectivity index (χ1) is 10.6. The fourth-order valence-electron chi connectivity index (χ4n) is 2.76. The monoisotopic (exact) mass is 304 g/mol. The van der Waals surface area contributed by atoms with Crippen LogP contribution in [0.4, 0.5) is 0 Å². The van der Waals surface area contributed by atoms with E-state index < -0.39 is 12.0 Å². The quantitative estimate of drug-likeness (QED) is 0.867. The number of aryl methyl sites for hydroxylation is 1. The summed E-state index contributed by atoms with van der Waals surface area (Å²) in [5, 5.41) is 9.01. The minimum absolute atomic E-state index is 0.179. The van der Waals surface area contributed by atoms with Gasteiger partial charge in [0.05, 0.1) is 0 Å². The average molecular weight is 304 g/mol. The molecule has 1 aromatic rings. The van der Waals surface area contributed by atoms with Crippen LogP contribution in [-0.2, 0) is 16.0 Å². The molecule has 2 rings (SSSR count). The lowest BCUT2D eigenvalue weighted by atomic mass is 10.1. The van der Waals surface area contributed by atoms with Crippen molar-refractivity contribution >= 4 is 11.9 Å². The van der Waals surface area contributed by atoms with Crippen molar-refractivity contribution in [2.45, 2.75) is 32.2 Å². The summed E-state index contributed by atoms with van der Waals surface area (Å²) in [4.78, 5) is 26.9. The second-order valence-electron chi connectivity index (χ2n) is 5.77. The summed E-state index contributed by atoms with van der Waals surface area (Å²) in [5.74, 6) is -0.624.